The quantitative estimate of drug-likeness (QED) is 0.835. The molecule has 1 heterocycles. The Morgan fingerprint density at radius 1 is 1.33 bits per heavy atom. The Balaban J connectivity index is 2.00. The van der Waals surface area contributed by atoms with E-state index in [1.165, 1.54) is 25.1 Å². The first-order valence-electron chi connectivity index (χ1n) is 8.00. The van der Waals surface area contributed by atoms with E-state index < -0.39 is 0 Å². The molecule has 1 N–H and O–H groups in total. The van der Waals surface area contributed by atoms with Crippen LogP contribution in [0.3, 0.4) is 0 Å². The molecule has 2 atom stereocenters. The molecular weight excluding hydrogens is 260 g/mol. The molecule has 0 aromatic heterocycles. The first-order valence-corrected chi connectivity index (χ1v) is 8.00. The smallest absolute Gasteiger partial charge is 0.0503 e. The highest BCUT2D eigenvalue weighted by atomic mass is 16.5. The predicted octanol–water partition coefficient (Wildman–Crippen LogP) is 2.94. The summed E-state index contributed by atoms with van der Waals surface area (Å²) in [5.41, 5.74) is 1.57. The number of nitrogens with one attached hydrogen (secondary N) is 1. The summed E-state index contributed by atoms with van der Waals surface area (Å²) < 4.78 is 5.30. The van der Waals surface area contributed by atoms with Gasteiger partial charge in [-0.05, 0) is 36.9 Å². The highest BCUT2D eigenvalue weighted by Crippen LogP contribution is 2.35. The molecule has 3 heteroatoms. The average Bonchev–Trinajstić information content (AvgIpc) is 2.87. The fourth-order valence-corrected chi connectivity index (χ4v) is 3.75. The lowest BCUT2D eigenvalue weighted by atomic mass is 9.80. The van der Waals surface area contributed by atoms with Gasteiger partial charge in [-0.1, -0.05) is 44.2 Å². The van der Waals surface area contributed by atoms with Gasteiger partial charge in [0.25, 0.3) is 0 Å². The molecule has 21 heavy (non-hydrogen) atoms. The molecule has 2 rings (SSSR count). The SMILES string of the molecule is CNC(c1ccccc1)C(C)(C)CN1CCC(COC)C1. The van der Waals surface area contributed by atoms with Crippen molar-refractivity contribution in [3.05, 3.63) is 35.9 Å². The van der Waals surface area contributed by atoms with Gasteiger partial charge in [-0.15, -0.1) is 0 Å². The van der Waals surface area contributed by atoms with Crippen LogP contribution >= 0.6 is 0 Å². The van der Waals surface area contributed by atoms with Crippen molar-refractivity contribution in [1.82, 2.24) is 10.2 Å². The van der Waals surface area contributed by atoms with Crippen molar-refractivity contribution in [2.45, 2.75) is 26.3 Å². The van der Waals surface area contributed by atoms with Gasteiger partial charge in [0.1, 0.15) is 0 Å². The second-order valence-corrected chi connectivity index (χ2v) is 6.97. The van der Waals surface area contributed by atoms with Gasteiger partial charge < -0.3 is 15.0 Å². The van der Waals surface area contributed by atoms with Crippen LogP contribution in [0.4, 0.5) is 0 Å². The molecule has 0 saturated carbocycles. The number of hydrogen-bond acceptors (Lipinski definition) is 3. The molecule has 0 radical (unpaired) electrons. The number of methoxy groups -OCH3 is 1. The maximum Gasteiger partial charge on any atom is 0.0503 e. The average molecular weight is 290 g/mol. The fourth-order valence-electron chi connectivity index (χ4n) is 3.75. The summed E-state index contributed by atoms with van der Waals surface area (Å²) in [5, 5.41) is 3.52. The molecule has 3 nitrogen and oxygen atoms in total. The molecule has 1 aromatic rings. The maximum atomic E-state index is 5.30. The Labute approximate surface area is 129 Å². The molecule has 0 aliphatic carbocycles. The highest BCUT2D eigenvalue weighted by Gasteiger charge is 2.34. The third-order valence-corrected chi connectivity index (χ3v) is 4.61. The van der Waals surface area contributed by atoms with Crippen molar-refractivity contribution < 1.29 is 4.74 Å². The Hall–Kier alpha value is -0.900. The minimum Gasteiger partial charge on any atom is -0.384 e. The zero-order valence-corrected chi connectivity index (χ0v) is 13.9. The van der Waals surface area contributed by atoms with E-state index in [-0.39, 0.29) is 5.41 Å². The van der Waals surface area contributed by atoms with Crippen molar-refractivity contribution in [3.63, 3.8) is 0 Å². The molecule has 1 saturated heterocycles. The van der Waals surface area contributed by atoms with Crippen LogP contribution < -0.4 is 5.32 Å². The van der Waals surface area contributed by atoms with E-state index in [1.54, 1.807) is 7.11 Å². The second-order valence-electron chi connectivity index (χ2n) is 6.97. The van der Waals surface area contributed by atoms with Crippen LogP contribution in [0.15, 0.2) is 30.3 Å². The number of rotatable bonds is 7. The molecule has 1 aliphatic heterocycles. The van der Waals surface area contributed by atoms with Crippen LogP contribution in [0.5, 0.6) is 0 Å². The van der Waals surface area contributed by atoms with E-state index in [0.29, 0.717) is 12.0 Å². The van der Waals surface area contributed by atoms with Gasteiger partial charge in [-0.2, -0.15) is 0 Å². The van der Waals surface area contributed by atoms with E-state index in [1.807, 2.05) is 0 Å². The summed E-state index contributed by atoms with van der Waals surface area (Å²) in [6, 6.07) is 11.2. The van der Waals surface area contributed by atoms with Crippen molar-refractivity contribution in [1.29, 1.82) is 0 Å². The number of nitrogens with zero attached hydrogens (tertiary/aromatic N) is 1. The van der Waals surface area contributed by atoms with Crippen LogP contribution in [0.25, 0.3) is 0 Å². The summed E-state index contributed by atoms with van der Waals surface area (Å²) in [4.78, 5) is 2.59. The molecule has 1 aliphatic rings. The standard InChI is InChI=1S/C18H30N2O/c1-18(2,14-20-11-10-15(12-20)13-21-4)17(19-3)16-8-6-5-7-9-16/h5-9,15,17,19H,10-14H2,1-4H3. The Kier molecular flexibility index (Phi) is 5.80. The van der Waals surface area contributed by atoms with Crippen molar-refractivity contribution in [3.8, 4) is 0 Å². The lowest BCUT2D eigenvalue weighted by Gasteiger charge is -2.38. The Morgan fingerprint density at radius 3 is 2.67 bits per heavy atom. The summed E-state index contributed by atoms with van der Waals surface area (Å²) in [6.45, 7) is 9.11. The topological polar surface area (TPSA) is 24.5 Å². The first-order chi connectivity index (χ1) is 10.1. The lowest BCUT2D eigenvalue weighted by Crippen LogP contribution is -2.41. The van der Waals surface area contributed by atoms with Gasteiger partial charge in [0.05, 0.1) is 6.61 Å². The van der Waals surface area contributed by atoms with Crippen molar-refractivity contribution in [2.75, 3.05) is 40.4 Å². The number of ether oxygens (including phenoxy) is 1. The van der Waals surface area contributed by atoms with Crippen LogP contribution in [-0.4, -0.2) is 45.3 Å². The zero-order chi connectivity index (χ0) is 15.3. The predicted molar refractivity (Wildman–Crippen MR) is 88.4 cm³/mol. The van der Waals surface area contributed by atoms with Gasteiger partial charge in [-0.3, -0.25) is 0 Å². The lowest BCUT2D eigenvalue weighted by molar-refractivity contribution is 0.133. The van der Waals surface area contributed by atoms with Crippen LogP contribution in [0.1, 0.15) is 31.9 Å². The molecule has 1 fully saturated rings. The number of hydrogen-bond donors (Lipinski definition) is 1. The molecule has 0 amide bonds. The van der Waals surface area contributed by atoms with Gasteiger partial charge in [-0.25, -0.2) is 0 Å². The van der Waals surface area contributed by atoms with Crippen molar-refractivity contribution in [2.24, 2.45) is 11.3 Å². The molecule has 2 unspecified atom stereocenters. The second kappa shape index (κ2) is 7.39. The minimum atomic E-state index is 0.193. The van der Waals surface area contributed by atoms with Crippen LogP contribution in [0.2, 0.25) is 0 Å². The molecular formula is C18H30N2O. The van der Waals surface area contributed by atoms with E-state index >= 15 is 0 Å². The fraction of sp³-hybridized carbons (Fsp3) is 0.667. The summed E-state index contributed by atoms with van der Waals surface area (Å²) >= 11 is 0. The van der Waals surface area contributed by atoms with Gasteiger partial charge >= 0.3 is 0 Å². The summed E-state index contributed by atoms with van der Waals surface area (Å²) in [7, 11) is 3.87. The first kappa shape index (κ1) is 16.5. The van der Waals surface area contributed by atoms with E-state index in [0.717, 1.165) is 13.2 Å². The Morgan fingerprint density at radius 2 is 2.05 bits per heavy atom. The third-order valence-electron chi connectivity index (χ3n) is 4.61. The van der Waals surface area contributed by atoms with E-state index in [2.05, 4.69) is 61.4 Å². The largest absolute Gasteiger partial charge is 0.384 e. The normalized spacial score (nSPS) is 21.6. The van der Waals surface area contributed by atoms with Crippen LogP contribution in [-0.2, 0) is 4.74 Å². The minimum absolute atomic E-state index is 0.193. The van der Waals surface area contributed by atoms with Crippen molar-refractivity contribution >= 4 is 0 Å². The molecule has 0 spiro atoms. The molecule has 0 bridgehead atoms. The summed E-state index contributed by atoms with van der Waals surface area (Å²) in [5.74, 6) is 0.704. The highest BCUT2D eigenvalue weighted by molar-refractivity contribution is 5.21. The zero-order valence-electron chi connectivity index (χ0n) is 13.9. The monoisotopic (exact) mass is 290 g/mol. The molecule has 118 valence electrons. The van der Waals surface area contributed by atoms with E-state index in [4.69, 9.17) is 4.74 Å². The third kappa shape index (κ3) is 4.29. The van der Waals surface area contributed by atoms with Gasteiger partial charge in [0.2, 0.25) is 0 Å². The number of likely N-dealkylation sites (tertiary alicyclic amines) is 1. The van der Waals surface area contributed by atoms with Crippen LogP contribution in [0, 0.1) is 11.3 Å². The van der Waals surface area contributed by atoms with Gasteiger partial charge in [0, 0.05) is 26.2 Å². The summed E-state index contributed by atoms with van der Waals surface area (Å²) in [6.07, 6.45) is 1.26. The maximum absolute atomic E-state index is 5.30. The Bertz CT molecular complexity index is 418. The van der Waals surface area contributed by atoms with E-state index in [9.17, 15) is 0 Å². The van der Waals surface area contributed by atoms with Gasteiger partial charge in [0.15, 0.2) is 0 Å². The molecule has 1 aromatic carbocycles. The number of benzene rings is 1.